The summed E-state index contributed by atoms with van der Waals surface area (Å²) in [6.45, 7) is 2.51. The lowest BCUT2D eigenvalue weighted by Gasteiger charge is -2.08. The molecular formula is C21H21N3O2. The number of benzene rings is 3. The van der Waals surface area contributed by atoms with E-state index in [1.165, 1.54) is 0 Å². The van der Waals surface area contributed by atoms with E-state index in [-0.39, 0.29) is 0 Å². The van der Waals surface area contributed by atoms with Gasteiger partial charge in [0.2, 0.25) is 0 Å². The molecule has 132 valence electrons. The van der Waals surface area contributed by atoms with E-state index >= 15 is 0 Å². The summed E-state index contributed by atoms with van der Waals surface area (Å²) < 4.78 is 0. The first kappa shape index (κ1) is 17.6. The Balaban J connectivity index is 1.84. The molecule has 0 bridgehead atoms. The maximum absolute atomic E-state index is 11.8. The number of nitrogens with zero attached hydrogens (tertiary/aromatic N) is 1. The molecule has 3 aromatic rings. The van der Waals surface area contributed by atoms with Gasteiger partial charge < -0.3 is 5.32 Å². The normalized spacial score (nSPS) is 11.1. The number of unbranched alkanes of at least 4 members (excludes halogenated alkanes) is 1. The van der Waals surface area contributed by atoms with Gasteiger partial charge in [0, 0.05) is 12.1 Å². The number of hydrazone groups is 1. The van der Waals surface area contributed by atoms with Crippen LogP contribution in [0.1, 0.15) is 25.3 Å². The Hall–Kier alpha value is -3.21. The van der Waals surface area contributed by atoms with Gasteiger partial charge in [-0.05, 0) is 34.0 Å². The molecule has 0 aliphatic heterocycles. The van der Waals surface area contributed by atoms with Crippen molar-refractivity contribution in [3.8, 4) is 0 Å². The Morgan fingerprint density at radius 1 is 0.962 bits per heavy atom. The highest BCUT2D eigenvalue weighted by Gasteiger charge is 2.11. The lowest BCUT2D eigenvalue weighted by molar-refractivity contribution is -0.139. The van der Waals surface area contributed by atoms with Crippen LogP contribution in [-0.4, -0.2) is 24.6 Å². The Labute approximate surface area is 152 Å². The van der Waals surface area contributed by atoms with Gasteiger partial charge >= 0.3 is 11.8 Å². The largest absolute Gasteiger partial charge is 0.348 e. The van der Waals surface area contributed by atoms with Crippen LogP contribution in [0.15, 0.2) is 59.7 Å². The fraction of sp³-hybridized carbons (Fsp3) is 0.190. The van der Waals surface area contributed by atoms with Crippen molar-refractivity contribution in [2.24, 2.45) is 5.10 Å². The van der Waals surface area contributed by atoms with Gasteiger partial charge in [0.05, 0.1) is 6.21 Å². The fourth-order valence-electron chi connectivity index (χ4n) is 2.85. The Morgan fingerprint density at radius 2 is 1.58 bits per heavy atom. The smallest absolute Gasteiger partial charge is 0.329 e. The van der Waals surface area contributed by atoms with Gasteiger partial charge in [-0.1, -0.05) is 61.9 Å². The molecule has 0 aliphatic carbocycles. The zero-order valence-corrected chi connectivity index (χ0v) is 14.7. The zero-order chi connectivity index (χ0) is 18.4. The van der Waals surface area contributed by atoms with E-state index in [1.807, 2.05) is 55.5 Å². The lowest BCUT2D eigenvalue weighted by Crippen LogP contribution is -2.38. The van der Waals surface area contributed by atoms with Crippen molar-refractivity contribution < 1.29 is 9.59 Å². The van der Waals surface area contributed by atoms with Crippen molar-refractivity contribution in [1.82, 2.24) is 10.7 Å². The number of hydrogen-bond donors (Lipinski definition) is 2. The van der Waals surface area contributed by atoms with Gasteiger partial charge in [-0.3, -0.25) is 9.59 Å². The van der Waals surface area contributed by atoms with Crippen LogP contribution in [0.25, 0.3) is 21.5 Å². The number of rotatable bonds is 5. The van der Waals surface area contributed by atoms with Gasteiger partial charge in [-0.2, -0.15) is 5.10 Å². The maximum atomic E-state index is 11.8. The number of fused-ring (bicyclic) bond motifs is 2. The SMILES string of the molecule is CCCCNC(=O)C(=O)N/N=C\c1c2ccccc2cc2ccccc12. The standard InChI is InChI=1S/C21H21N3O2/c1-2-3-12-22-20(25)21(26)24-23-14-19-17-10-6-4-8-15(17)13-16-9-5-7-11-18(16)19/h4-11,13-14H,2-3,12H2,1H3,(H,22,25)(H,24,26)/b23-14-. The molecule has 0 heterocycles. The molecule has 0 aromatic heterocycles. The summed E-state index contributed by atoms with van der Waals surface area (Å²) >= 11 is 0. The van der Waals surface area contributed by atoms with Gasteiger partial charge in [-0.25, -0.2) is 5.43 Å². The molecular weight excluding hydrogens is 326 g/mol. The van der Waals surface area contributed by atoms with Gasteiger partial charge in [0.25, 0.3) is 0 Å². The molecule has 0 atom stereocenters. The molecule has 2 N–H and O–H groups in total. The van der Waals surface area contributed by atoms with E-state index in [4.69, 9.17) is 0 Å². The lowest BCUT2D eigenvalue weighted by atomic mass is 9.97. The zero-order valence-electron chi connectivity index (χ0n) is 14.7. The topological polar surface area (TPSA) is 70.6 Å². The quantitative estimate of drug-likeness (QED) is 0.244. The molecule has 5 heteroatoms. The minimum Gasteiger partial charge on any atom is -0.348 e. The van der Waals surface area contributed by atoms with Crippen LogP contribution in [0.5, 0.6) is 0 Å². The predicted octanol–water partition coefficient (Wildman–Crippen LogP) is 3.36. The second kappa shape index (κ2) is 8.25. The Bertz CT molecular complexity index is 925. The molecule has 0 fully saturated rings. The van der Waals surface area contributed by atoms with E-state index in [0.29, 0.717) is 6.54 Å². The van der Waals surface area contributed by atoms with Crippen LogP contribution >= 0.6 is 0 Å². The van der Waals surface area contributed by atoms with Gasteiger partial charge in [0.15, 0.2) is 0 Å². The minimum atomic E-state index is -0.762. The average Bonchev–Trinajstić information content (AvgIpc) is 2.67. The average molecular weight is 347 g/mol. The Morgan fingerprint density at radius 3 is 2.19 bits per heavy atom. The molecule has 26 heavy (non-hydrogen) atoms. The first-order valence-corrected chi connectivity index (χ1v) is 8.72. The second-order valence-corrected chi connectivity index (χ2v) is 6.04. The Kier molecular flexibility index (Phi) is 5.59. The van der Waals surface area contributed by atoms with Gasteiger partial charge in [-0.15, -0.1) is 0 Å². The van der Waals surface area contributed by atoms with E-state index in [1.54, 1.807) is 6.21 Å². The van der Waals surface area contributed by atoms with E-state index in [9.17, 15) is 9.59 Å². The van der Waals surface area contributed by atoms with Crippen LogP contribution in [0.4, 0.5) is 0 Å². The highest BCUT2D eigenvalue weighted by molar-refractivity contribution is 6.35. The minimum absolute atomic E-state index is 0.487. The van der Waals surface area contributed by atoms with Crippen molar-refractivity contribution in [3.63, 3.8) is 0 Å². The molecule has 2 amide bonds. The molecule has 0 aliphatic rings. The van der Waals surface area contributed by atoms with E-state index < -0.39 is 11.8 Å². The third kappa shape index (κ3) is 3.88. The third-order valence-corrected chi connectivity index (χ3v) is 4.19. The first-order chi connectivity index (χ1) is 12.7. The highest BCUT2D eigenvalue weighted by atomic mass is 16.2. The predicted molar refractivity (Wildman–Crippen MR) is 105 cm³/mol. The van der Waals surface area contributed by atoms with Crippen molar-refractivity contribution in [2.45, 2.75) is 19.8 Å². The first-order valence-electron chi connectivity index (χ1n) is 8.72. The van der Waals surface area contributed by atoms with Crippen LogP contribution in [0.2, 0.25) is 0 Å². The molecule has 0 saturated carbocycles. The molecule has 0 saturated heterocycles. The molecule has 3 rings (SSSR count). The summed E-state index contributed by atoms with van der Waals surface area (Å²) in [6, 6.07) is 18.1. The summed E-state index contributed by atoms with van der Waals surface area (Å²) in [5.74, 6) is -1.43. The van der Waals surface area contributed by atoms with Crippen molar-refractivity contribution in [1.29, 1.82) is 0 Å². The number of hydrogen-bond acceptors (Lipinski definition) is 3. The van der Waals surface area contributed by atoms with Crippen LogP contribution < -0.4 is 10.7 Å². The summed E-state index contributed by atoms with van der Waals surface area (Å²) in [5.41, 5.74) is 3.21. The van der Waals surface area contributed by atoms with Crippen LogP contribution in [0.3, 0.4) is 0 Å². The molecule has 3 aromatic carbocycles. The number of carbonyl (C=O) groups excluding carboxylic acids is 2. The maximum Gasteiger partial charge on any atom is 0.329 e. The number of amides is 2. The van der Waals surface area contributed by atoms with Crippen LogP contribution in [-0.2, 0) is 9.59 Å². The van der Waals surface area contributed by atoms with Crippen molar-refractivity contribution in [3.05, 3.63) is 60.2 Å². The molecule has 5 nitrogen and oxygen atoms in total. The fourth-order valence-corrected chi connectivity index (χ4v) is 2.85. The van der Waals surface area contributed by atoms with E-state index in [2.05, 4.69) is 21.9 Å². The molecule has 0 spiro atoms. The summed E-state index contributed by atoms with van der Waals surface area (Å²) in [7, 11) is 0. The monoisotopic (exact) mass is 347 g/mol. The molecule has 0 unspecified atom stereocenters. The van der Waals surface area contributed by atoms with E-state index in [0.717, 1.165) is 39.9 Å². The number of nitrogens with one attached hydrogen (secondary N) is 2. The highest BCUT2D eigenvalue weighted by Crippen LogP contribution is 2.27. The second-order valence-electron chi connectivity index (χ2n) is 6.04. The van der Waals surface area contributed by atoms with Crippen molar-refractivity contribution in [2.75, 3.05) is 6.54 Å². The molecule has 0 radical (unpaired) electrons. The summed E-state index contributed by atoms with van der Waals surface area (Å²) in [4.78, 5) is 23.5. The third-order valence-electron chi connectivity index (χ3n) is 4.19. The van der Waals surface area contributed by atoms with Crippen LogP contribution in [0, 0.1) is 0 Å². The summed E-state index contributed by atoms with van der Waals surface area (Å²) in [5, 5.41) is 10.8. The van der Waals surface area contributed by atoms with Crippen molar-refractivity contribution >= 4 is 39.6 Å². The number of carbonyl (C=O) groups is 2. The summed E-state index contributed by atoms with van der Waals surface area (Å²) in [6.07, 6.45) is 3.39. The van der Waals surface area contributed by atoms with Gasteiger partial charge in [0.1, 0.15) is 0 Å².